The zero-order valence-electron chi connectivity index (χ0n) is 24.0. The van der Waals surface area contributed by atoms with Crippen molar-refractivity contribution in [1.29, 1.82) is 0 Å². The number of rotatable bonds is 23. The lowest BCUT2D eigenvalue weighted by Gasteiger charge is -2.40. The van der Waals surface area contributed by atoms with Gasteiger partial charge in [0.15, 0.2) is 0 Å². The predicted molar refractivity (Wildman–Crippen MR) is 147 cm³/mol. The molecule has 1 atom stereocenters. The number of aryl methyl sites for hydroxylation is 1. The van der Waals surface area contributed by atoms with E-state index in [1.54, 1.807) is 6.07 Å². The van der Waals surface area contributed by atoms with Crippen LogP contribution in [0.5, 0.6) is 0 Å². The fourth-order valence-corrected chi connectivity index (χ4v) is 4.68. The Kier molecular flexibility index (Phi) is 18.2. The van der Waals surface area contributed by atoms with Crippen molar-refractivity contribution in [3.63, 3.8) is 0 Å². The van der Waals surface area contributed by atoms with Crippen molar-refractivity contribution in [3.05, 3.63) is 35.4 Å². The van der Waals surface area contributed by atoms with Crippen molar-refractivity contribution in [3.8, 4) is 0 Å². The largest absolute Gasteiger partial charge is 0.416 e. The first-order valence-corrected chi connectivity index (χ1v) is 14.9. The summed E-state index contributed by atoms with van der Waals surface area (Å²) in [4.78, 5) is 0. The number of ether oxygens (including phenoxy) is 3. The number of hydrogen-bond donors (Lipinski definition) is 0. The standard InChI is InChI=1S/C31H53F3O3/c1-5-9-10-11-12-15-20-28(31(35-23-6-2,36-24-7-3)37-25-8-4)21-16-13-14-18-27-19-17-22-29(26-27)30(32,33)34/h17,19,22,26,28H,5-16,18,20-21,23-25H2,1-4H3. The van der Waals surface area contributed by atoms with E-state index in [9.17, 15) is 13.2 Å². The highest BCUT2D eigenvalue weighted by molar-refractivity contribution is 5.25. The van der Waals surface area contributed by atoms with E-state index in [-0.39, 0.29) is 5.92 Å². The Hall–Kier alpha value is -1.11. The molecule has 0 saturated carbocycles. The fourth-order valence-electron chi connectivity index (χ4n) is 4.68. The molecule has 1 unspecified atom stereocenters. The Morgan fingerprint density at radius 2 is 1.16 bits per heavy atom. The normalized spacial score (nSPS) is 13.3. The molecule has 0 radical (unpaired) electrons. The summed E-state index contributed by atoms with van der Waals surface area (Å²) in [6, 6.07) is 5.71. The molecule has 1 aromatic carbocycles. The van der Waals surface area contributed by atoms with Crippen LogP contribution in [0.15, 0.2) is 24.3 Å². The quantitative estimate of drug-likeness (QED) is 0.104. The number of alkyl halides is 3. The van der Waals surface area contributed by atoms with E-state index in [4.69, 9.17) is 14.2 Å². The molecule has 0 saturated heterocycles. The molecule has 0 spiro atoms. The van der Waals surface area contributed by atoms with E-state index in [1.165, 1.54) is 44.2 Å². The van der Waals surface area contributed by atoms with Crippen LogP contribution < -0.4 is 0 Å². The Morgan fingerprint density at radius 3 is 1.68 bits per heavy atom. The summed E-state index contributed by atoms with van der Waals surface area (Å²) in [6.07, 6.45) is 11.2. The highest BCUT2D eigenvalue weighted by Crippen LogP contribution is 2.35. The zero-order chi connectivity index (χ0) is 27.4. The van der Waals surface area contributed by atoms with Gasteiger partial charge in [0.2, 0.25) is 0 Å². The fraction of sp³-hybridized carbons (Fsp3) is 0.806. The van der Waals surface area contributed by atoms with Crippen LogP contribution in [0, 0.1) is 5.92 Å². The maximum absolute atomic E-state index is 13.0. The highest BCUT2D eigenvalue weighted by Gasteiger charge is 2.42. The van der Waals surface area contributed by atoms with E-state index in [0.29, 0.717) is 26.2 Å². The smallest absolute Gasteiger partial charge is 0.327 e. The van der Waals surface area contributed by atoms with Gasteiger partial charge in [0, 0.05) is 5.92 Å². The van der Waals surface area contributed by atoms with Gasteiger partial charge >= 0.3 is 6.18 Å². The van der Waals surface area contributed by atoms with Crippen LogP contribution in [0.1, 0.15) is 129 Å². The van der Waals surface area contributed by atoms with Gasteiger partial charge in [-0.3, -0.25) is 0 Å². The maximum Gasteiger partial charge on any atom is 0.416 e. The lowest BCUT2D eigenvalue weighted by molar-refractivity contribution is -0.406. The molecule has 0 fully saturated rings. The molecule has 3 nitrogen and oxygen atoms in total. The molecule has 0 bridgehead atoms. The molecular formula is C31H53F3O3. The summed E-state index contributed by atoms with van der Waals surface area (Å²) in [5, 5.41) is 0. The molecular weight excluding hydrogens is 477 g/mol. The molecule has 0 aliphatic carbocycles. The van der Waals surface area contributed by atoms with Gasteiger partial charge in [0.25, 0.3) is 5.97 Å². The van der Waals surface area contributed by atoms with Gasteiger partial charge in [0.1, 0.15) is 0 Å². The van der Waals surface area contributed by atoms with Crippen LogP contribution in [0.25, 0.3) is 0 Å². The summed E-state index contributed by atoms with van der Waals surface area (Å²) in [6.45, 7) is 10.3. The topological polar surface area (TPSA) is 27.7 Å². The molecule has 37 heavy (non-hydrogen) atoms. The second-order valence-electron chi connectivity index (χ2n) is 10.2. The van der Waals surface area contributed by atoms with Gasteiger partial charge in [-0.05, 0) is 56.6 Å². The third kappa shape index (κ3) is 14.0. The van der Waals surface area contributed by atoms with Crippen LogP contribution in [-0.4, -0.2) is 25.8 Å². The van der Waals surface area contributed by atoms with Crippen molar-refractivity contribution in [1.82, 2.24) is 0 Å². The van der Waals surface area contributed by atoms with E-state index in [0.717, 1.165) is 69.4 Å². The van der Waals surface area contributed by atoms with E-state index < -0.39 is 17.7 Å². The van der Waals surface area contributed by atoms with Gasteiger partial charge < -0.3 is 14.2 Å². The number of benzene rings is 1. The second-order valence-corrected chi connectivity index (χ2v) is 10.2. The number of halogens is 3. The second kappa shape index (κ2) is 19.9. The van der Waals surface area contributed by atoms with E-state index >= 15 is 0 Å². The average molecular weight is 531 g/mol. The number of hydrogen-bond acceptors (Lipinski definition) is 3. The number of unbranched alkanes of at least 4 members (excludes halogenated alkanes) is 7. The van der Waals surface area contributed by atoms with E-state index in [1.807, 2.05) is 0 Å². The minimum Gasteiger partial charge on any atom is -0.327 e. The van der Waals surface area contributed by atoms with Gasteiger partial charge in [-0.1, -0.05) is 97.3 Å². The van der Waals surface area contributed by atoms with Crippen molar-refractivity contribution >= 4 is 0 Å². The summed E-state index contributed by atoms with van der Waals surface area (Å²) in [5.74, 6) is -0.871. The Balaban J connectivity index is 2.81. The zero-order valence-corrected chi connectivity index (χ0v) is 24.0. The highest BCUT2D eigenvalue weighted by atomic mass is 19.4. The molecule has 0 amide bonds. The minimum atomic E-state index is -4.29. The molecule has 6 heteroatoms. The summed E-state index contributed by atoms with van der Waals surface area (Å²) in [7, 11) is 0. The SMILES string of the molecule is CCCCCCCCC(CCCCCc1cccc(C(F)(F)F)c1)C(OCCC)(OCCC)OCCC. The van der Waals surface area contributed by atoms with Crippen LogP contribution in [-0.2, 0) is 26.8 Å². The predicted octanol–water partition coefficient (Wildman–Crippen LogP) is 10.1. The third-order valence-corrected chi connectivity index (χ3v) is 6.70. The lowest BCUT2D eigenvalue weighted by Crippen LogP contribution is -2.47. The van der Waals surface area contributed by atoms with Gasteiger partial charge in [-0.15, -0.1) is 0 Å². The monoisotopic (exact) mass is 530 g/mol. The van der Waals surface area contributed by atoms with Crippen LogP contribution >= 0.6 is 0 Å². The van der Waals surface area contributed by atoms with Crippen molar-refractivity contribution < 1.29 is 27.4 Å². The van der Waals surface area contributed by atoms with Crippen molar-refractivity contribution in [2.24, 2.45) is 5.92 Å². The Morgan fingerprint density at radius 1 is 0.649 bits per heavy atom. The van der Waals surface area contributed by atoms with Crippen LogP contribution in [0.4, 0.5) is 13.2 Å². The Bertz CT molecular complexity index is 656. The van der Waals surface area contributed by atoms with Gasteiger partial charge in [0.05, 0.1) is 25.4 Å². The van der Waals surface area contributed by atoms with Crippen molar-refractivity contribution in [2.45, 2.75) is 136 Å². The summed E-state index contributed by atoms with van der Waals surface area (Å²) >= 11 is 0. The first-order valence-electron chi connectivity index (χ1n) is 14.9. The molecule has 0 aliphatic rings. The molecule has 0 aliphatic heterocycles. The van der Waals surface area contributed by atoms with Crippen molar-refractivity contribution in [2.75, 3.05) is 19.8 Å². The van der Waals surface area contributed by atoms with Gasteiger partial charge in [-0.25, -0.2) is 0 Å². The molecule has 0 N–H and O–H groups in total. The maximum atomic E-state index is 13.0. The molecule has 1 aromatic rings. The minimum absolute atomic E-state index is 0.136. The summed E-state index contributed by atoms with van der Waals surface area (Å²) in [5.41, 5.74) is 0.180. The first-order chi connectivity index (χ1) is 17.8. The average Bonchev–Trinajstić information content (AvgIpc) is 2.89. The first kappa shape index (κ1) is 33.9. The molecule has 216 valence electrons. The Labute approximate surface area is 224 Å². The summed E-state index contributed by atoms with van der Waals surface area (Å²) < 4.78 is 58.2. The molecule has 0 aromatic heterocycles. The lowest BCUT2D eigenvalue weighted by atomic mass is 9.91. The molecule has 1 rings (SSSR count). The van der Waals surface area contributed by atoms with Crippen LogP contribution in [0.3, 0.4) is 0 Å². The molecule has 0 heterocycles. The third-order valence-electron chi connectivity index (χ3n) is 6.70. The van der Waals surface area contributed by atoms with Gasteiger partial charge in [-0.2, -0.15) is 13.2 Å². The van der Waals surface area contributed by atoms with E-state index in [2.05, 4.69) is 27.7 Å². The van der Waals surface area contributed by atoms with Crippen LogP contribution in [0.2, 0.25) is 0 Å².